The van der Waals surface area contributed by atoms with Crippen LogP contribution in [0.2, 0.25) is 0 Å². The largest absolute Gasteiger partial charge is 0.493 e. The molecule has 0 spiro atoms. The molecule has 3 heterocycles. The van der Waals surface area contributed by atoms with E-state index in [4.69, 9.17) is 9.47 Å². The molecule has 2 aliphatic heterocycles. The maximum atomic E-state index is 14.0. The van der Waals surface area contributed by atoms with Gasteiger partial charge in [-0.1, -0.05) is 71.6 Å². The highest BCUT2D eigenvalue weighted by atomic mass is 32.2. The second-order valence-electron chi connectivity index (χ2n) is 11.1. The molecule has 48 heavy (non-hydrogen) atoms. The molecule has 244 valence electrons. The molecule has 1 fully saturated rings. The highest BCUT2D eigenvalue weighted by molar-refractivity contribution is 8.00. The van der Waals surface area contributed by atoms with Crippen LogP contribution < -0.4 is 24.6 Å². The number of aromatic nitrogens is 1. The van der Waals surface area contributed by atoms with Gasteiger partial charge in [0.05, 0.1) is 29.3 Å². The van der Waals surface area contributed by atoms with Gasteiger partial charge in [-0.05, 0) is 47.3 Å². The van der Waals surface area contributed by atoms with Crippen molar-refractivity contribution in [2.24, 2.45) is 5.92 Å². The van der Waals surface area contributed by atoms with Gasteiger partial charge in [0.15, 0.2) is 18.1 Å². The van der Waals surface area contributed by atoms with Crippen LogP contribution in [0, 0.1) is 5.92 Å². The average Bonchev–Trinajstić information content (AvgIpc) is 3.57. The van der Waals surface area contributed by atoms with Gasteiger partial charge in [-0.25, -0.2) is 4.90 Å². The van der Waals surface area contributed by atoms with Crippen molar-refractivity contribution in [1.29, 1.82) is 0 Å². The molecule has 7 rings (SSSR count). The fourth-order valence-corrected chi connectivity index (χ4v) is 8.63. The predicted molar refractivity (Wildman–Crippen MR) is 175 cm³/mol. The Morgan fingerprint density at radius 2 is 1.71 bits per heavy atom. The van der Waals surface area contributed by atoms with Crippen molar-refractivity contribution >= 4 is 63.0 Å². The molecule has 14 heteroatoms. The summed E-state index contributed by atoms with van der Waals surface area (Å²) in [5, 5.41) is 4.10. The van der Waals surface area contributed by atoms with E-state index in [1.54, 1.807) is 24.3 Å². The van der Waals surface area contributed by atoms with Crippen LogP contribution in [0.1, 0.15) is 21.9 Å². The van der Waals surface area contributed by atoms with E-state index in [9.17, 15) is 32.3 Å². The lowest BCUT2D eigenvalue weighted by molar-refractivity contribution is -0.137. The number of imide groups is 1. The van der Waals surface area contributed by atoms with E-state index in [0.717, 1.165) is 57.0 Å². The molecular weight excluding hydrogens is 668 g/mol. The number of halogens is 3. The number of nitrogens with zero attached hydrogens (tertiary/aromatic N) is 1. The summed E-state index contributed by atoms with van der Waals surface area (Å²) < 4.78 is 51.9. The topological polar surface area (TPSA) is 118 Å². The van der Waals surface area contributed by atoms with E-state index < -0.39 is 46.5 Å². The summed E-state index contributed by atoms with van der Waals surface area (Å²) in [6, 6.07) is 22.1. The number of carbonyl (C=O) groups is 3. The van der Waals surface area contributed by atoms with Crippen molar-refractivity contribution in [3.8, 4) is 11.5 Å². The lowest BCUT2D eigenvalue weighted by Crippen LogP contribution is -2.32. The Morgan fingerprint density at radius 3 is 2.50 bits per heavy atom. The fraction of sp³-hybridized carbons (Fsp3) is 0.176. The quantitative estimate of drug-likeness (QED) is 0.189. The van der Waals surface area contributed by atoms with Crippen molar-refractivity contribution in [3.05, 3.63) is 111 Å². The molecule has 0 bridgehead atoms. The van der Waals surface area contributed by atoms with Gasteiger partial charge in [-0.2, -0.15) is 13.2 Å². The Morgan fingerprint density at radius 1 is 0.938 bits per heavy atom. The molecular formula is C34H24F3N3O6S2. The van der Waals surface area contributed by atoms with Crippen LogP contribution in [0.4, 0.5) is 24.5 Å². The minimum Gasteiger partial charge on any atom is -0.493 e. The Hall–Kier alpha value is -5.08. The van der Waals surface area contributed by atoms with E-state index in [-0.39, 0.29) is 28.7 Å². The third-order valence-corrected chi connectivity index (χ3v) is 10.6. The number of hydrogen-bond donors (Lipinski definition) is 2. The van der Waals surface area contributed by atoms with E-state index in [1.807, 2.05) is 36.4 Å². The monoisotopic (exact) mass is 691 g/mol. The summed E-state index contributed by atoms with van der Waals surface area (Å²) in [5.41, 5.74) is -0.0361. The predicted octanol–water partition coefficient (Wildman–Crippen LogP) is 6.43. The van der Waals surface area contributed by atoms with Crippen molar-refractivity contribution in [2.75, 3.05) is 23.9 Å². The van der Waals surface area contributed by atoms with Crippen LogP contribution in [0.3, 0.4) is 0 Å². The van der Waals surface area contributed by atoms with E-state index >= 15 is 0 Å². The van der Waals surface area contributed by atoms with Crippen molar-refractivity contribution < 1.29 is 37.0 Å². The number of ether oxygens (including phenoxy) is 2. The van der Waals surface area contributed by atoms with Crippen molar-refractivity contribution in [3.63, 3.8) is 0 Å². The standard InChI is InChI=1S/C34H24F3N3O6S2/c1-45-24-14-18(12-13-23(24)46-16-25(41)38-22-11-4-7-17-6-2-3-10-21(17)22)26-27-29(47-30-28(26)48-33(44)39-30)32(43)40(31(27)42)20-9-5-8-19(15-20)34(35,36)37/h2-15,26-27,29H,16H2,1H3,(H,38,41)(H,39,44)/t26-,27-,29+/m0/s1. The minimum atomic E-state index is -4.67. The fourth-order valence-electron chi connectivity index (χ4n) is 6.11. The number of carbonyl (C=O) groups excluding carboxylic acids is 3. The Bertz CT molecular complexity index is 2160. The number of nitrogens with one attached hydrogen (secondary N) is 2. The third-order valence-electron chi connectivity index (χ3n) is 8.22. The van der Waals surface area contributed by atoms with Gasteiger partial charge in [-0.3, -0.25) is 19.2 Å². The van der Waals surface area contributed by atoms with Crippen LogP contribution in [0.5, 0.6) is 11.5 Å². The van der Waals surface area contributed by atoms with Gasteiger partial charge in [0.2, 0.25) is 11.8 Å². The van der Waals surface area contributed by atoms with E-state index in [1.165, 1.54) is 13.2 Å². The molecule has 5 aromatic rings. The Kier molecular flexibility index (Phi) is 8.00. The maximum Gasteiger partial charge on any atom is 0.416 e. The first-order valence-corrected chi connectivity index (χ1v) is 16.3. The van der Waals surface area contributed by atoms with Gasteiger partial charge in [0.1, 0.15) is 5.25 Å². The van der Waals surface area contributed by atoms with Gasteiger partial charge in [-0.15, -0.1) is 0 Å². The van der Waals surface area contributed by atoms with Crippen LogP contribution in [-0.2, 0) is 20.6 Å². The van der Waals surface area contributed by atoms with Crippen LogP contribution >= 0.6 is 23.1 Å². The number of aromatic amines is 1. The molecule has 2 N–H and O–H groups in total. The summed E-state index contributed by atoms with van der Waals surface area (Å²) in [5.74, 6) is -3.14. The Balaban J connectivity index is 1.17. The minimum absolute atomic E-state index is 0.187. The summed E-state index contributed by atoms with van der Waals surface area (Å²) in [6.45, 7) is -0.341. The van der Waals surface area contributed by atoms with Gasteiger partial charge in [0, 0.05) is 21.9 Å². The van der Waals surface area contributed by atoms with Crippen LogP contribution in [0.25, 0.3) is 10.8 Å². The highest BCUT2D eigenvalue weighted by Gasteiger charge is 2.56. The number of anilines is 2. The number of fused-ring (bicyclic) bond motifs is 3. The first-order chi connectivity index (χ1) is 23.0. The van der Waals surface area contributed by atoms with Crippen molar-refractivity contribution in [1.82, 2.24) is 4.98 Å². The average molecular weight is 692 g/mol. The molecule has 0 aliphatic carbocycles. The zero-order valence-corrected chi connectivity index (χ0v) is 26.5. The molecule has 0 unspecified atom stereocenters. The molecule has 3 amide bonds. The smallest absolute Gasteiger partial charge is 0.416 e. The normalized spacial score (nSPS) is 18.8. The molecule has 9 nitrogen and oxygen atoms in total. The number of thiazole rings is 1. The van der Waals surface area contributed by atoms with Gasteiger partial charge < -0.3 is 19.8 Å². The molecule has 1 aromatic heterocycles. The molecule has 1 saturated heterocycles. The molecule has 3 atom stereocenters. The lowest BCUT2D eigenvalue weighted by atomic mass is 9.83. The first-order valence-electron chi connectivity index (χ1n) is 14.6. The maximum absolute atomic E-state index is 14.0. The lowest BCUT2D eigenvalue weighted by Gasteiger charge is -2.30. The molecule has 2 aliphatic rings. The number of thioether (sulfide) groups is 1. The number of amides is 3. The van der Waals surface area contributed by atoms with Crippen LogP contribution in [0.15, 0.2) is 94.7 Å². The summed E-state index contributed by atoms with van der Waals surface area (Å²) in [4.78, 5) is 56.6. The van der Waals surface area contributed by atoms with Crippen LogP contribution in [-0.4, -0.2) is 41.7 Å². The second kappa shape index (κ2) is 12.2. The molecule has 0 radical (unpaired) electrons. The number of alkyl halides is 3. The summed E-state index contributed by atoms with van der Waals surface area (Å²) in [7, 11) is 1.40. The summed E-state index contributed by atoms with van der Waals surface area (Å²) >= 11 is 1.91. The number of hydrogen-bond acceptors (Lipinski definition) is 8. The number of H-pyrrole nitrogens is 1. The zero-order valence-electron chi connectivity index (χ0n) is 24.9. The second-order valence-corrected chi connectivity index (χ2v) is 13.3. The zero-order chi connectivity index (χ0) is 33.7. The number of rotatable bonds is 7. The SMILES string of the molecule is COc1cc([C@@H]2c3sc(=O)[nH]c3S[C@H]3C(=O)N(c4cccc(C(F)(F)F)c4)C(=O)[C@@H]23)ccc1OCC(=O)Nc1cccc2ccccc12. The third kappa shape index (κ3) is 5.60. The Labute approximate surface area is 278 Å². The van der Waals surface area contributed by atoms with Gasteiger partial charge in [0.25, 0.3) is 5.91 Å². The van der Waals surface area contributed by atoms with E-state index in [0.29, 0.717) is 21.2 Å². The number of methoxy groups -OCH3 is 1. The summed E-state index contributed by atoms with van der Waals surface area (Å²) in [6.07, 6.45) is -4.67. The highest BCUT2D eigenvalue weighted by Crippen LogP contribution is 2.54. The van der Waals surface area contributed by atoms with Crippen molar-refractivity contribution in [2.45, 2.75) is 22.4 Å². The number of benzene rings is 4. The van der Waals surface area contributed by atoms with Gasteiger partial charge >= 0.3 is 11.0 Å². The molecule has 4 aromatic carbocycles. The first kappa shape index (κ1) is 31.5. The molecule has 0 saturated carbocycles. The van der Waals surface area contributed by atoms with E-state index in [2.05, 4.69) is 10.3 Å².